The summed E-state index contributed by atoms with van der Waals surface area (Å²) in [4.78, 5) is 17.4. The molecule has 2 aromatic heterocycles. The number of carbonyl (C=O) groups excluding carboxylic acids is 1. The van der Waals surface area contributed by atoms with Crippen molar-refractivity contribution in [1.82, 2.24) is 14.8 Å². The van der Waals surface area contributed by atoms with Crippen LogP contribution in [0, 0.1) is 6.92 Å². The third-order valence-electron chi connectivity index (χ3n) is 4.85. The molecular weight excluding hydrogens is 412 g/mol. The second kappa shape index (κ2) is 8.61. The summed E-state index contributed by atoms with van der Waals surface area (Å²) in [6.45, 7) is 1.98. The fraction of sp³-hybridized carbons (Fsp3) is 0.174. The van der Waals surface area contributed by atoms with E-state index in [0.29, 0.717) is 28.6 Å². The molecule has 1 N–H and O–H groups in total. The maximum absolute atomic E-state index is 12.9. The molecule has 31 heavy (non-hydrogen) atoms. The zero-order valence-corrected chi connectivity index (χ0v) is 18.5. The SMILES string of the molecule is COc1ccc(OC)c(-c2cc(C(=O)Nc3ccc(-c4csc(C)n4)cc3)n(C)n2)c1. The van der Waals surface area contributed by atoms with E-state index in [4.69, 9.17) is 9.47 Å². The molecule has 0 atom stereocenters. The Labute approximate surface area is 184 Å². The molecular formula is C23H22N4O3S. The summed E-state index contributed by atoms with van der Waals surface area (Å²) in [5, 5.41) is 10.5. The Bertz CT molecular complexity index is 1230. The Kier molecular flexibility index (Phi) is 5.73. The average molecular weight is 435 g/mol. The van der Waals surface area contributed by atoms with Crippen LogP contribution in [0.1, 0.15) is 15.5 Å². The summed E-state index contributed by atoms with van der Waals surface area (Å²) in [7, 11) is 4.93. The van der Waals surface area contributed by atoms with E-state index in [2.05, 4.69) is 15.4 Å². The first-order valence-electron chi connectivity index (χ1n) is 9.59. The van der Waals surface area contributed by atoms with Gasteiger partial charge in [-0.25, -0.2) is 4.98 Å². The molecule has 0 aliphatic carbocycles. The van der Waals surface area contributed by atoms with E-state index in [-0.39, 0.29) is 5.91 Å². The van der Waals surface area contributed by atoms with Gasteiger partial charge in [0.05, 0.1) is 30.6 Å². The predicted octanol–water partition coefficient (Wildman–Crippen LogP) is 4.79. The maximum atomic E-state index is 12.9. The highest BCUT2D eigenvalue weighted by Crippen LogP contribution is 2.33. The number of hydrogen-bond donors (Lipinski definition) is 1. The van der Waals surface area contributed by atoms with Crippen LogP contribution in [-0.2, 0) is 7.05 Å². The molecule has 0 aliphatic rings. The number of ether oxygens (including phenoxy) is 2. The molecule has 0 fully saturated rings. The Hall–Kier alpha value is -3.65. The van der Waals surface area contributed by atoms with Gasteiger partial charge in [0.25, 0.3) is 5.91 Å². The van der Waals surface area contributed by atoms with Crippen LogP contribution >= 0.6 is 11.3 Å². The molecule has 7 nitrogen and oxygen atoms in total. The average Bonchev–Trinajstić information content (AvgIpc) is 3.39. The van der Waals surface area contributed by atoms with Crippen molar-refractivity contribution in [1.29, 1.82) is 0 Å². The number of rotatable bonds is 6. The van der Waals surface area contributed by atoms with E-state index in [1.54, 1.807) is 43.4 Å². The van der Waals surface area contributed by atoms with Crippen molar-refractivity contribution in [2.45, 2.75) is 6.92 Å². The molecule has 0 spiro atoms. The number of carbonyl (C=O) groups is 1. The largest absolute Gasteiger partial charge is 0.497 e. The second-order valence-electron chi connectivity index (χ2n) is 6.89. The predicted molar refractivity (Wildman–Crippen MR) is 122 cm³/mol. The number of nitrogens with zero attached hydrogens (tertiary/aromatic N) is 3. The summed E-state index contributed by atoms with van der Waals surface area (Å²) >= 11 is 1.61. The monoisotopic (exact) mass is 434 g/mol. The molecule has 0 bridgehead atoms. The van der Waals surface area contributed by atoms with Crippen LogP contribution in [0.4, 0.5) is 5.69 Å². The van der Waals surface area contributed by atoms with Gasteiger partial charge < -0.3 is 14.8 Å². The Morgan fingerprint density at radius 1 is 1.03 bits per heavy atom. The molecule has 8 heteroatoms. The molecule has 158 valence electrons. The second-order valence-corrected chi connectivity index (χ2v) is 7.95. The molecule has 0 unspecified atom stereocenters. The summed E-state index contributed by atoms with van der Waals surface area (Å²) in [6.07, 6.45) is 0. The number of thiazole rings is 1. The van der Waals surface area contributed by atoms with E-state index < -0.39 is 0 Å². The third kappa shape index (κ3) is 4.29. The smallest absolute Gasteiger partial charge is 0.273 e. The first-order chi connectivity index (χ1) is 15.0. The molecule has 4 rings (SSSR count). The number of aryl methyl sites for hydroxylation is 2. The molecule has 2 aromatic carbocycles. The lowest BCUT2D eigenvalue weighted by molar-refractivity contribution is 0.101. The number of aromatic nitrogens is 3. The van der Waals surface area contributed by atoms with Gasteiger partial charge in [0.1, 0.15) is 17.2 Å². The normalized spacial score (nSPS) is 10.7. The van der Waals surface area contributed by atoms with E-state index >= 15 is 0 Å². The van der Waals surface area contributed by atoms with E-state index in [1.807, 2.05) is 54.8 Å². The van der Waals surface area contributed by atoms with Crippen molar-refractivity contribution in [3.8, 4) is 34.0 Å². The van der Waals surface area contributed by atoms with Gasteiger partial charge in [-0.15, -0.1) is 11.3 Å². The van der Waals surface area contributed by atoms with Crippen molar-refractivity contribution in [3.63, 3.8) is 0 Å². The van der Waals surface area contributed by atoms with Gasteiger partial charge in [0.15, 0.2) is 0 Å². The fourth-order valence-electron chi connectivity index (χ4n) is 3.24. The minimum absolute atomic E-state index is 0.250. The highest BCUT2D eigenvalue weighted by atomic mass is 32.1. The molecule has 0 aliphatic heterocycles. The van der Waals surface area contributed by atoms with E-state index in [0.717, 1.165) is 21.8 Å². The van der Waals surface area contributed by atoms with E-state index in [9.17, 15) is 4.79 Å². The van der Waals surface area contributed by atoms with Crippen LogP contribution in [0.5, 0.6) is 11.5 Å². The number of benzene rings is 2. The summed E-state index contributed by atoms with van der Waals surface area (Å²) in [5.41, 5.74) is 4.44. The van der Waals surface area contributed by atoms with Crippen molar-refractivity contribution in [2.24, 2.45) is 7.05 Å². The van der Waals surface area contributed by atoms with Crippen molar-refractivity contribution in [2.75, 3.05) is 19.5 Å². The van der Waals surface area contributed by atoms with Crippen LogP contribution in [-0.4, -0.2) is 34.9 Å². The quantitative estimate of drug-likeness (QED) is 0.472. The zero-order chi connectivity index (χ0) is 22.0. The Balaban J connectivity index is 1.56. The van der Waals surface area contributed by atoms with Gasteiger partial charge in [-0.3, -0.25) is 9.48 Å². The molecule has 0 radical (unpaired) electrons. The van der Waals surface area contributed by atoms with Crippen LogP contribution in [0.25, 0.3) is 22.5 Å². The van der Waals surface area contributed by atoms with Crippen molar-refractivity contribution >= 4 is 22.9 Å². The number of methoxy groups -OCH3 is 2. The lowest BCUT2D eigenvalue weighted by atomic mass is 10.1. The minimum atomic E-state index is -0.250. The summed E-state index contributed by atoms with van der Waals surface area (Å²) in [5.74, 6) is 1.09. The van der Waals surface area contributed by atoms with Crippen LogP contribution in [0.15, 0.2) is 53.9 Å². The highest BCUT2D eigenvalue weighted by Gasteiger charge is 2.17. The summed E-state index contributed by atoms with van der Waals surface area (Å²) < 4.78 is 12.3. The van der Waals surface area contributed by atoms with Crippen molar-refractivity contribution in [3.05, 3.63) is 64.6 Å². The van der Waals surface area contributed by atoms with Crippen LogP contribution in [0.2, 0.25) is 0 Å². The number of nitrogens with one attached hydrogen (secondary N) is 1. The van der Waals surface area contributed by atoms with E-state index in [1.165, 1.54) is 0 Å². The van der Waals surface area contributed by atoms with Gasteiger partial charge in [-0.2, -0.15) is 5.10 Å². The topological polar surface area (TPSA) is 78.3 Å². The summed E-state index contributed by atoms with van der Waals surface area (Å²) in [6, 6.07) is 14.8. The van der Waals surface area contributed by atoms with Gasteiger partial charge >= 0.3 is 0 Å². The van der Waals surface area contributed by atoms with Gasteiger partial charge in [-0.05, 0) is 43.3 Å². The Morgan fingerprint density at radius 3 is 2.45 bits per heavy atom. The Morgan fingerprint density at radius 2 is 1.81 bits per heavy atom. The molecule has 0 saturated heterocycles. The number of amides is 1. The van der Waals surface area contributed by atoms with Crippen LogP contribution < -0.4 is 14.8 Å². The molecule has 0 saturated carbocycles. The minimum Gasteiger partial charge on any atom is -0.497 e. The number of hydrogen-bond acceptors (Lipinski definition) is 6. The zero-order valence-electron chi connectivity index (χ0n) is 17.7. The number of anilines is 1. The van der Waals surface area contributed by atoms with Gasteiger partial charge in [-0.1, -0.05) is 12.1 Å². The first-order valence-corrected chi connectivity index (χ1v) is 10.5. The highest BCUT2D eigenvalue weighted by molar-refractivity contribution is 7.09. The first kappa shape index (κ1) is 20.6. The van der Waals surface area contributed by atoms with Crippen molar-refractivity contribution < 1.29 is 14.3 Å². The standard InChI is InChI=1S/C23H22N4O3S/c1-14-24-20(13-31-14)15-5-7-16(8-6-15)25-23(28)21-12-19(26-27(21)2)18-11-17(29-3)9-10-22(18)30-4/h5-13H,1-4H3,(H,25,28). The molecule has 4 aromatic rings. The molecule has 2 heterocycles. The maximum Gasteiger partial charge on any atom is 0.273 e. The van der Waals surface area contributed by atoms with Gasteiger partial charge in [0.2, 0.25) is 0 Å². The fourth-order valence-corrected chi connectivity index (χ4v) is 3.86. The lowest BCUT2D eigenvalue weighted by Crippen LogP contribution is -2.15. The third-order valence-corrected chi connectivity index (χ3v) is 5.63. The molecule has 1 amide bonds. The van der Waals surface area contributed by atoms with Gasteiger partial charge in [0, 0.05) is 29.2 Å². The van der Waals surface area contributed by atoms with Crippen LogP contribution in [0.3, 0.4) is 0 Å². The lowest BCUT2D eigenvalue weighted by Gasteiger charge is -2.08.